The van der Waals surface area contributed by atoms with Gasteiger partial charge in [0.1, 0.15) is 12.7 Å². The maximum absolute atomic E-state index is 12.1. The fourth-order valence-electron chi connectivity index (χ4n) is 3.54. The molecule has 1 aliphatic heterocycles. The van der Waals surface area contributed by atoms with Crippen LogP contribution in [0.5, 0.6) is 0 Å². The first-order valence-electron chi connectivity index (χ1n) is 10.3. The minimum absolute atomic E-state index is 0.0610. The highest BCUT2D eigenvalue weighted by molar-refractivity contribution is 5.78. The minimum atomic E-state index is -0.210. The molecule has 1 N–H and O–H groups in total. The second-order valence-electron chi connectivity index (χ2n) is 7.51. The van der Waals surface area contributed by atoms with E-state index in [0.717, 1.165) is 30.8 Å². The second-order valence-corrected chi connectivity index (χ2v) is 7.51. The molecule has 0 bridgehead atoms. The Labute approximate surface area is 176 Å². The van der Waals surface area contributed by atoms with Crippen molar-refractivity contribution in [1.82, 2.24) is 10.5 Å². The van der Waals surface area contributed by atoms with Crippen LogP contribution in [0.1, 0.15) is 35.1 Å². The number of aromatic nitrogens is 1. The van der Waals surface area contributed by atoms with Crippen molar-refractivity contribution in [3.05, 3.63) is 89.3 Å². The molecule has 0 spiro atoms. The number of ether oxygens (including phenoxy) is 2. The van der Waals surface area contributed by atoms with E-state index in [1.54, 1.807) is 6.07 Å². The molecule has 0 radical (unpaired) electrons. The molecule has 1 unspecified atom stereocenters. The quantitative estimate of drug-likeness (QED) is 0.587. The van der Waals surface area contributed by atoms with Crippen LogP contribution in [0, 0.1) is 5.92 Å². The Bertz CT molecular complexity index is 881. The van der Waals surface area contributed by atoms with Gasteiger partial charge in [-0.2, -0.15) is 0 Å². The summed E-state index contributed by atoms with van der Waals surface area (Å²) < 4.78 is 16.9. The van der Waals surface area contributed by atoms with Crippen LogP contribution in [-0.4, -0.2) is 30.8 Å². The predicted octanol–water partition coefficient (Wildman–Crippen LogP) is 3.68. The van der Waals surface area contributed by atoms with Crippen LogP contribution in [0.3, 0.4) is 0 Å². The largest absolute Gasteiger partial charge is 0.381 e. The van der Waals surface area contributed by atoms with Gasteiger partial charge in [-0.25, -0.2) is 0 Å². The van der Waals surface area contributed by atoms with Crippen LogP contribution in [0.4, 0.5) is 0 Å². The Morgan fingerprint density at radius 3 is 2.43 bits per heavy atom. The van der Waals surface area contributed by atoms with Gasteiger partial charge in [0.05, 0.1) is 18.7 Å². The lowest BCUT2D eigenvalue weighted by Gasteiger charge is -2.18. The zero-order valence-corrected chi connectivity index (χ0v) is 16.8. The predicted molar refractivity (Wildman–Crippen MR) is 112 cm³/mol. The van der Waals surface area contributed by atoms with Gasteiger partial charge in [-0.1, -0.05) is 65.8 Å². The van der Waals surface area contributed by atoms with Crippen LogP contribution in [-0.2, 0) is 27.3 Å². The van der Waals surface area contributed by atoms with Crippen molar-refractivity contribution >= 4 is 5.91 Å². The monoisotopic (exact) mass is 406 g/mol. The van der Waals surface area contributed by atoms with Crippen molar-refractivity contribution in [3.63, 3.8) is 0 Å². The summed E-state index contributed by atoms with van der Waals surface area (Å²) in [5, 5.41) is 6.96. The lowest BCUT2D eigenvalue weighted by molar-refractivity contribution is -0.120. The molecule has 6 nitrogen and oxygen atoms in total. The van der Waals surface area contributed by atoms with Crippen molar-refractivity contribution in [1.29, 1.82) is 0 Å². The lowest BCUT2D eigenvalue weighted by atomic mass is 10.0. The molecule has 156 valence electrons. The number of hydrogen-bond donors (Lipinski definition) is 1. The summed E-state index contributed by atoms with van der Waals surface area (Å²) in [5.41, 5.74) is 2.74. The van der Waals surface area contributed by atoms with E-state index in [4.69, 9.17) is 14.0 Å². The van der Waals surface area contributed by atoms with E-state index < -0.39 is 0 Å². The molecule has 1 saturated heterocycles. The molecule has 0 aliphatic carbocycles. The number of nitrogens with one attached hydrogen (secondary N) is 1. The molecule has 1 atom stereocenters. The summed E-state index contributed by atoms with van der Waals surface area (Å²) in [6, 6.07) is 21.9. The molecule has 0 saturated carbocycles. The topological polar surface area (TPSA) is 73.6 Å². The highest BCUT2D eigenvalue weighted by Gasteiger charge is 2.18. The number of hydrogen-bond acceptors (Lipinski definition) is 5. The van der Waals surface area contributed by atoms with Crippen molar-refractivity contribution in [2.45, 2.75) is 25.6 Å². The van der Waals surface area contributed by atoms with E-state index in [1.807, 2.05) is 60.7 Å². The van der Waals surface area contributed by atoms with Gasteiger partial charge in [0.2, 0.25) is 5.91 Å². The third kappa shape index (κ3) is 5.55. The van der Waals surface area contributed by atoms with E-state index in [1.165, 1.54) is 0 Å². The van der Waals surface area contributed by atoms with Crippen LogP contribution < -0.4 is 5.32 Å². The van der Waals surface area contributed by atoms with Gasteiger partial charge in [0.25, 0.3) is 0 Å². The van der Waals surface area contributed by atoms with Crippen molar-refractivity contribution in [2.24, 2.45) is 5.92 Å². The number of nitrogens with zero attached hydrogens (tertiary/aromatic N) is 1. The zero-order valence-electron chi connectivity index (χ0n) is 16.8. The van der Waals surface area contributed by atoms with Crippen LogP contribution >= 0.6 is 0 Å². The van der Waals surface area contributed by atoms with E-state index in [0.29, 0.717) is 23.9 Å². The lowest BCUT2D eigenvalue weighted by Crippen LogP contribution is -2.30. The van der Waals surface area contributed by atoms with E-state index >= 15 is 0 Å². The summed E-state index contributed by atoms with van der Waals surface area (Å²) >= 11 is 0. The van der Waals surface area contributed by atoms with Crippen LogP contribution in [0.25, 0.3) is 0 Å². The Balaban J connectivity index is 1.33. The van der Waals surface area contributed by atoms with Crippen LogP contribution in [0.15, 0.2) is 71.3 Å². The molecule has 6 heteroatoms. The molecule has 1 fully saturated rings. The molecule has 2 heterocycles. The minimum Gasteiger partial charge on any atom is -0.381 e. The average Bonchev–Trinajstić information content (AvgIpc) is 3.46. The molecular formula is C24H26N2O4. The van der Waals surface area contributed by atoms with Gasteiger partial charge >= 0.3 is 0 Å². The highest BCUT2D eigenvalue weighted by atomic mass is 16.5. The first-order chi connectivity index (χ1) is 14.8. The number of amides is 1. The zero-order chi connectivity index (χ0) is 20.6. The fourth-order valence-corrected chi connectivity index (χ4v) is 3.54. The summed E-state index contributed by atoms with van der Waals surface area (Å²) in [6.07, 6.45) is 0.978. The summed E-state index contributed by atoms with van der Waals surface area (Å²) in [5.74, 6) is 0.941. The van der Waals surface area contributed by atoms with Crippen molar-refractivity contribution < 1.29 is 18.8 Å². The molecule has 3 aromatic rings. The van der Waals surface area contributed by atoms with Gasteiger partial charge in [-0.3, -0.25) is 4.79 Å². The van der Waals surface area contributed by atoms with Gasteiger partial charge in [0.15, 0.2) is 5.76 Å². The van der Waals surface area contributed by atoms with Crippen molar-refractivity contribution in [3.8, 4) is 0 Å². The first kappa shape index (κ1) is 20.3. The number of rotatable bonds is 9. The van der Waals surface area contributed by atoms with Crippen LogP contribution in [0.2, 0.25) is 0 Å². The van der Waals surface area contributed by atoms with Crippen molar-refractivity contribution in [2.75, 3.05) is 19.8 Å². The Morgan fingerprint density at radius 2 is 1.80 bits per heavy atom. The maximum atomic E-state index is 12.1. The maximum Gasteiger partial charge on any atom is 0.226 e. The molecule has 1 aliphatic rings. The smallest absolute Gasteiger partial charge is 0.226 e. The standard InChI is InChI=1S/C24H26N2O4/c27-23(25-15-18-11-12-28-16-18)14-21-13-22(30-26-21)17-29-24(19-7-3-1-4-8-19)20-9-5-2-6-10-20/h1-10,13,18,24H,11-12,14-17H2,(H,25,27). The van der Waals surface area contributed by atoms with E-state index in [9.17, 15) is 4.79 Å². The Hall–Kier alpha value is -2.96. The van der Waals surface area contributed by atoms with E-state index in [2.05, 4.69) is 10.5 Å². The molecule has 2 aromatic carbocycles. The number of carbonyl (C=O) groups is 1. The summed E-state index contributed by atoms with van der Waals surface area (Å²) in [4.78, 5) is 12.1. The third-order valence-electron chi connectivity index (χ3n) is 5.16. The highest BCUT2D eigenvalue weighted by Crippen LogP contribution is 2.27. The number of benzene rings is 2. The van der Waals surface area contributed by atoms with Gasteiger partial charge in [-0.15, -0.1) is 0 Å². The van der Waals surface area contributed by atoms with Gasteiger partial charge in [0, 0.05) is 25.1 Å². The van der Waals surface area contributed by atoms with Gasteiger partial charge in [-0.05, 0) is 17.5 Å². The SMILES string of the molecule is O=C(Cc1cc(COC(c2ccccc2)c2ccccc2)on1)NCC1CCOC1. The average molecular weight is 406 g/mol. The first-order valence-corrected chi connectivity index (χ1v) is 10.3. The summed E-state index contributed by atoms with van der Waals surface area (Å²) in [6.45, 7) is 2.40. The molecule has 4 rings (SSSR count). The Morgan fingerprint density at radius 1 is 1.10 bits per heavy atom. The molecular weight excluding hydrogens is 380 g/mol. The fraction of sp³-hybridized carbons (Fsp3) is 0.333. The molecule has 30 heavy (non-hydrogen) atoms. The molecule has 1 amide bonds. The van der Waals surface area contributed by atoms with E-state index in [-0.39, 0.29) is 25.0 Å². The normalized spacial score (nSPS) is 16.1. The van der Waals surface area contributed by atoms with Gasteiger partial charge < -0.3 is 19.3 Å². The Kier molecular flexibility index (Phi) is 6.90. The molecule has 1 aromatic heterocycles. The number of carbonyl (C=O) groups excluding carboxylic acids is 1. The second kappa shape index (κ2) is 10.2. The summed E-state index contributed by atoms with van der Waals surface area (Å²) in [7, 11) is 0. The third-order valence-corrected chi connectivity index (χ3v) is 5.16.